The first kappa shape index (κ1) is 39.0. The smallest absolute Gasteiger partial charge is 0.103 e. The largest absolute Gasteiger partial charge is 0.412 e. The lowest BCUT2D eigenvalue weighted by Crippen LogP contribution is -2.16. The highest BCUT2D eigenvalue weighted by Gasteiger charge is 2.19. The van der Waals surface area contributed by atoms with Crippen molar-refractivity contribution in [2.24, 2.45) is 0 Å². The lowest BCUT2D eigenvalue weighted by atomic mass is 9.97. The molecule has 2 nitrogen and oxygen atoms in total. The Hall–Kier alpha value is -0.220. The molecule has 0 aromatic rings. The third-order valence-electron chi connectivity index (χ3n) is 3.05. The molecule has 2 unspecified atom stereocenters. The normalized spacial score (nSPS) is 20.2. The Kier molecular flexibility index (Phi) is 70.6. The van der Waals surface area contributed by atoms with Gasteiger partial charge in [-0.2, -0.15) is 0 Å². The molecule has 24 heavy (non-hydrogen) atoms. The molecule has 4 heteroatoms. The van der Waals surface area contributed by atoms with Crippen molar-refractivity contribution in [1.29, 1.82) is 0 Å². The summed E-state index contributed by atoms with van der Waals surface area (Å²) in [5.74, 6) is 0. The SMILES string of the molecule is C1CCCCC1.CC.CC.CC.CC.FC1CCCC(F)C1.O.O. The van der Waals surface area contributed by atoms with Gasteiger partial charge < -0.3 is 11.0 Å². The van der Waals surface area contributed by atoms with Gasteiger partial charge in [0.15, 0.2) is 0 Å². The zero-order valence-electron chi connectivity index (χ0n) is 18.0. The van der Waals surface area contributed by atoms with Gasteiger partial charge in [0.25, 0.3) is 0 Å². The van der Waals surface area contributed by atoms with Gasteiger partial charge in [-0.1, -0.05) is 93.9 Å². The second-order valence-electron chi connectivity index (χ2n) is 4.48. The fourth-order valence-corrected chi connectivity index (χ4v) is 2.13. The molecular formula is C20H50F2O2. The van der Waals surface area contributed by atoms with Crippen LogP contribution in [-0.4, -0.2) is 23.3 Å². The minimum absolute atomic E-state index is 0. The molecule has 0 saturated heterocycles. The van der Waals surface area contributed by atoms with Crippen LogP contribution in [0.1, 0.15) is 120 Å². The van der Waals surface area contributed by atoms with Crippen molar-refractivity contribution in [2.75, 3.05) is 0 Å². The molecule has 2 aliphatic rings. The van der Waals surface area contributed by atoms with E-state index in [1.807, 2.05) is 55.4 Å². The van der Waals surface area contributed by atoms with E-state index in [1.54, 1.807) is 0 Å². The number of hydrogen-bond donors (Lipinski definition) is 0. The van der Waals surface area contributed by atoms with E-state index in [2.05, 4.69) is 0 Å². The van der Waals surface area contributed by atoms with Crippen LogP contribution >= 0.6 is 0 Å². The van der Waals surface area contributed by atoms with Crippen LogP contribution in [0.3, 0.4) is 0 Å². The van der Waals surface area contributed by atoms with Crippen molar-refractivity contribution in [2.45, 2.75) is 132 Å². The number of alkyl halides is 2. The van der Waals surface area contributed by atoms with Crippen LogP contribution in [0.4, 0.5) is 8.78 Å². The summed E-state index contributed by atoms with van der Waals surface area (Å²) in [6.07, 6.45) is 9.28. The van der Waals surface area contributed by atoms with Gasteiger partial charge in [0, 0.05) is 6.42 Å². The summed E-state index contributed by atoms with van der Waals surface area (Å²) in [5, 5.41) is 0. The molecule has 156 valence electrons. The summed E-state index contributed by atoms with van der Waals surface area (Å²) < 4.78 is 24.4. The van der Waals surface area contributed by atoms with Crippen molar-refractivity contribution in [3.8, 4) is 0 Å². The lowest BCUT2D eigenvalue weighted by Gasteiger charge is -2.17. The van der Waals surface area contributed by atoms with Crippen LogP contribution in [0.5, 0.6) is 0 Å². The minimum atomic E-state index is -0.862. The molecule has 0 spiro atoms. The van der Waals surface area contributed by atoms with Gasteiger partial charge in [0.05, 0.1) is 0 Å². The number of hydrogen-bond acceptors (Lipinski definition) is 0. The topological polar surface area (TPSA) is 63.0 Å². The van der Waals surface area contributed by atoms with Crippen molar-refractivity contribution in [3.05, 3.63) is 0 Å². The van der Waals surface area contributed by atoms with Crippen LogP contribution in [0.2, 0.25) is 0 Å². The fraction of sp³-hybridized carbons (Fsp3) is 1.00. The van der Waals surface area contributed by atoms with E-state index in [-0.39, 0.29) is 17.4 Å². The van der Waals surface area contributed by atoms with E-state index in [4.69, 9.17) is 0 Å². The number of halogens is 2. The molecule has 2 fully saturated rings. The molecule has 2 aliphatic carbocycles. The summed E-state index contributed by atoms with van der Waals surface area (Å²) in [7, 11) is 0. The Labute approximate surface area is 152 Å². The molecule has 0 aromatic carbocycles. The van der Waals surface area contributed by atoms with Crippen LogP contribution in [0.15, 0.2) is 0 Å². The highest BCUT2D eigenvalue weighted by atomic mass is 19.1. The molecule has 2 saturated carbocycles. The molecule has 0 heterocycles. The molecule has 0 aromatic heterocycles. The van der Waals surface area contributed by atoms with Gasteiger partial charge in [-0.15, -0.1) is 0 Å². The van der Waals surface area contributed by atoms with E-state index >= 15 is 0 Å². The van der Waals surface area contributed by atoms with Gasteiger partial charge in [-0.25, -0.2) is 8.78 Å². The minimum Gasteiger partial charge on any atom is -0.412 e. The maximum absolute atomic E-state index is 12.2. The summed E-state index contributed by atoms with van der Waals surface area (Å²) in [4.78, 5) is 0. The summed E-state index contributed by atoms with van der Waals surface area (Å²) in [6.45, 7) is 16.0. The average molecular weight is 361 g/mol. The highest BCUT2D eigenvalue weighted by molar-refractivity contribution is 4.70. The summed E-state index contributed by atoms with van der Waals surface area (Å²) >= 11 is 0. The van der Waals surface area contributed by atoms with Crippen molar-refractivity contribution < 1.29 is 19.7 Å². The molecule has 4 N–H and O–H groups in total. The van der Waals surface area contributed by atoms with E-state index in [0.29, 0.717) is 12.8 Å². The van der Waals surface area contributed by atoms with E-state index < -0.39 is 12.3 Å². The standard InChI is InChI=1S/C6H10F2.C6H12.4C2H6.2H2O/c7-5-2-1-3-6(8)4-5;1-2-4-6-5-3-1;4*1-2;;/h5-6H,1-4H2;1-6H2;4*1-2H3;2*1H2. The molecule has 2 atom stereocenters. The Morgan fingerprint density at radius 1 is 0.458 bits per heavy atom. The van der Waals surface area contributed by atoms with Gasteiger partial charge >= 0.3 is 0 Å². The quantitative estimate of drug-likeness (QED) is 0.445. The molecule has 2 rings (SSSR count). The van der Waals surface area contributed by atoms with E-state index in [9.17, 15) is 8.78 Å². The van der Waals surface area contributed by atoms with Gasteiger partial charge in [-0.3, -0.25) is 0 Å². The summed E-state index contributed by atoms with van der Waals surface area (Å²) in [5.41, 5.74) is 0. The first-order valence-electron chi connectivity index (χ1n) is 10.1. The average Bonchev–Trinajstić information content (AvgIpc) is 2.64. The zero-order chi connectivity index (χ0) is 18.2. The second-order valence-corrected chi connectivity index (χ2v) is 4.48. The fourth-order valence-electron chi connectivity index (χ4n) is 2.13. The van der Waals surface area contributed by atoms with Gasteiger partial charge in [0.2, 0.25) is 0 Å². The van der Waals surface area contributed by atoms with Crippen LogP contribution in [0.25, 0.3) is 0 Å². The summed E-state index contributed by atoms with van der Waals surface area (Å²) in [6, 6.07) is 0. The first-order valence-corrected chi connectivity index (χ1v) is 10.1. The molecule has 0 bridgehead atoms. The van der Waals surface area contributed by atoms with Gasteiger partial charge in [0.1, 0.15) is 12.3 Å². The molecule has 0 radical (unpaired) electrons. The first-order chi connectivity index (χ1) is 10.8. The third kappa shape index (κ3) is 37.8. The Morgan fingerprint density at radius 2 is 0.667 bits per heavy atom. The van der Waals surface area contributed by atoms with Crippen molar-refractivity contribution in [3.63, 3.8) is 0 Å². The van der Waals surface area contributed by atoms with Crippen molar-refractivity contribution in [1.82, 2.24) is 0 Å². The van der Waals surface area contributed by atoms with Crippen LogP contribution < -0.4 is 0 Å². The molecule has 0 amide bonds. The second kappa shape index (κ2) is 43.4. The van der Waals surface area contributed by atoms with E-state index in [1.165, 1.54) is 38.5 Å². The predicted molar refractivity (Wildman–Crippen MR) is 109 cm³/mol. The van der Waals surface area contributed by atoms with Crippen molar-refractivity contribution >= 4 is 0 Å². The monoisotopic (exact) mass is 360 g/mol. The maximum Gasteiger partial charge on any atom is 0.103 e. The highest BCUT2D eigenvalue weighted by Crippen LogP contribution is 2.22. The predicted octanol–water partition coefficient (Wildman–Crippen LogP) is 7.03. The van der Waals surface area contributed by atoms with Crippen LogP contribution in [0, 0.1) is 0 Å². The number of rotatable bonds is 0. The van der Waals surface area contributed by atoms with Gasteiger partial charge in [-0.05, 0) is 19.3 Å². The van der Waals surface area contributed by atoms with Crippen LogP contribution in [-0.2, 0) is 0 Å². The Bertz CT molecular complexity index is 124. The third-order valence-corrected chi connectivity index (χ3v) is 3.05. The van der Waals surface area contributed by atoms with E-state index in [0.717, 1.165) is 6.42 Å². The maximum atomic E-state index is 12.2. The molecule has 0 aliphatic heterocycles. The lowest BCUT2D eigenvalue weighted by molar-refractivity contribution is 0.159. The zero-order valence-corrected chi connectivity index (χ0v) is 18.0. The molecular weight excluding hydrogens is 310 g/mol. The Morgan fingerprint density at radius 3 is 0.792 bits per heavy atom. The Balaban J connectivity index is -0.0000000457.